The van der Waals surface area contributed by atoms with Crippen molar-refractivity contribution in [2.45, 2.75) is 43.9 Å². The van der Waals surface area contributed by atoms with E-state index in [1.807, 2.05) is 12.1 Å². The second kappa shape index (κ2) is 6.01. The highest BCUT2D eigenvalue weighted by atomic mass is 32.2. The molecule has 1 aliphatic rings. The van der Waals surface area contributed by atoms with Crippen LogP contribution in [-0.4, -0.2) is 31.7 Å². The normalized spacial score (nSPS) is 18.3. The highest BCUT2D eigenvalue weighted by molar-refractivity contribution is 7.89. The average Bonchev–Trinajstić information content (AvgIpc) is 2.46. The zero-order valence-electron chi connectivity index (χ0n) is 13.4. The van der Waals surface area contributed by atoms with Crippen molar-refractivity contribution in [3.8, 4) is 0 Å². The summed E-state index contributed by atoms with van der Waals surface area (Å²) in [6, 6.07) is 7.05. The second-order valence-electron chi connectivity index (χ2n) is 6.86. The largest absolute Gasteiger partial charge is 0.369 e. The van der Waals surface area contributed by atoms with Gasteiger partial charge < -0.3 is 5.73 Å². The minimum atomic E-state index is -3.49. The van der Waals surface area contributed by atoms with Gasteiger partial charge in [0, 0.05) is 19.0 Å². The Kier molecular flexibility index (Phi) is 4.63. The van der Waals surface area contributed by atoms with Gasteiger partial charge in [0.25, 0.3) is 0 Å². The fourth-order valence-electron chi connectivity index (χ4n) is 2.66. The number of carbonyl (C=O) groups excluding carboxylic acids is 1. The number of primary amides is 1. The molecule has 1 saturated heterocycles. The van der Waals surface area contributed by atoms with Gasteiger partial charge in [-0.2, -0.15) is 4.31 Å². The molecule has 0 bridgehead atoms. The van der Waals surface area contributed by atoms with Crippen LogP contribution in [0.15, 0.2) is 29.2 Å². The molecular weight excluding hydrogens is 300 g/mol. The summed E-state index contributed by atoms with van der Waals surface area (Å²) in [5, 5.41) is 0. The number of nitrogens with two attached hydrogens (primary N) is 1. The standard InChI is InChI=1S/C16H24N2O3S/c1-16(2,3)13-4-6-14(7-5-13)22(20,21)18-10-8-12(9-11-18)15(17)19/h4-7,12H,8-11H2,1-3H3,(H2,17,19). The SMILES string of the molecule is CC(C)(C)c1ccc(S(=O)(=O)N2CCC(C(N)=O)CC2)cc1. The molecule has 0 aliphatic carbocycles. The number of hydrogen-bond acceptors (Lipinski definition) is 3. The Hall–Kier alpha value is -1.40. The summed E-state index contributed by atoms with van der Waals surface area (Å²) >= 11 is 0. The molecular formula is C16H24N2O3S. The molecule has 2 rings (SSSR count). The van der Waals surface area contributed by atoms with E-state index >= 15 is 0 Å². The molecule has 0 radical (unpaired) electrons. The van der Waals surface area contributed by atoms with Crippen molar-refractivity contribution >= 4 is 15.9 Å². The third kappa shape index (κ3) is 3.50. The van der Waals surface area contributed by atoms with Crippen LogP contribution in [0.2, 0.25) is 0 Å². The number of benzene rings is 1. The summed E-state index contributed by atoms with van der Waals surface area (Å²) in [6.45, 7) is 6.95. The summed E-state index contributed by atoms with van der Waals surface area (Å²) in [5.41, 5.74) is 6.37. The Balaban J connectivity index is 2.16. The van der Waals surface area contributed by atoms with Gasteiger partial charge in [0.1, 0.15) is 0 Å². The van der Waals surface area contributed by atoms with Crippen molar-refractivity contribution in [2.24, 2.45) is 11.7 Å². The van der Waals surface area contributed by atoms with Gasteiger partial charge in [-0.25, -0.2) is 8.42 Å². The van der Waals surface area contributed by atoms with Gasteiger partial charge >= 0.3 is 0 Å². The second-order valence-corrected chi connectivity index (χ2v) is 8.79. The Morgan fingerprint density at radius 3 is 2.05 bits per heavy atom. The summed E-state index contributed by atoms with van der Waals surface area (Å²) < 4.78 is 26.7. The van der Waals surface area contributed by atoms with Crippen LogP contribution in [0.25, 0.3) is 0 Å². The molecule has 0 saturated carbocycles. The molecule has 1 heterocycles. The number of piperidine rings is 1. The van der Waals surface area contributed by atoms with E-state index in [-0.39, 0.29) is 17.2 Å². The highest BCUT2D eigenvalue weighted by Crippen LogP contribution is 2.27. The maximum Gasteiger partial charge on any atom is 0.243 e. The monoisotopic (exact) mass is 324 g/mol. The van der Waals surface area contributed by atoms with E-state index in [0.29, 0.717) is 30.8 Å². The smallest absolute Gasteiger partial charge is 0.243 e. The first kappa shape index (κ1) is 17.0. The molecule has 5 nitrogen and oxygen atoms in total. The van der Waals surface area contributed by atoms with E-state index in [2.05, 4.69) is 20.8 Å². The zero-order valence-corrected chi connectivity index (χ0v) is 14.2. The van der Waals surface area contributed by atoms with E-state index in [9.17, 15) is 13.2 Å². The number of carbonyl (C=O) groups is 1. The first-order valence-corrected chi connectivity index (χ1v) is 8.96. The van der Waals surface area contributed by atoms with Crippen LogP contribution in [0, 0.1) is 5.92 Å². The third-order valence-corrected chi connectivity index (χ3v) is 6.13. The minimum absolute atomic E-state index is 0.0118. The lowest BCUT2D eigenvalue weighted by Gasteiger charge is -2.30. The van der Waals surface area contributed by atoms with Gasteiger partial charge in [-0.15, -0.1) is 0 Å². The van der Waals surface area contributed by atoms with E-state index in [4.69, 9.17) is 5.73 Å². The predicted octanol–water partition coefficient (Wildman–Crippen LogP) is 1.87. The van der Waals surface area contributed by atoms with Gasteiger partial charge in [-0.1, -0.05) is 32.9 Å². The topological polar surface area (TPSA) is 80.5 Å². The average molecular weight is 324 g/mol. The molecule has 1 aromatic carbocycles. The van der Waals surface area contributed by atoms with Crippen molar-refractivity contribution in [2.75, 3.05) is 13.1 Å². The zero-order chi connectivity index (χ0) is 16.5. The molecule has 0 atom stereocenters. The summed E-state index contributed by atoms with van der Waals surface area (Å²) in [4.78, 5) is 11.5. The summed E-state index contributed by atoms with van der Waals surface area (Å²) in [5.74, 6) is -0.554. The van der Waals surface area contributed by atoms with E-state index < -0.39 is 10.0 Å². The fraction of sp³-hybridized carbons (Fsp3) is 0.562. The molecule has 0 unspecified atom stereocenters. The van der Waals surface area contributed by atoms with Gasteiger partial charge in [-0.3, -0.25) is 4.79 Å². The van der Waals surface area contributed by atoms with Crippen LogP contribution in [0.5, 0.6) is 0 Å². The van der Waals surface area contributed by atoms with Crippen molar-refractivity contribution in [1.29, 1.82) is 0 Å². The summed E-state index contributed by atoms with van der Waals surface area (Å²) in [6.07, 6.45) is 0.989. The van der Waals surface area contributed by atoms with Gasteiger partial charge in [0.15, 0.2) is 0 Å². The Bertz CT molecular complexity index is 637. The fourth-order valence-corrected chi connectivity index (χ4v) is 4.13. The van der Waals surface area contributed by atoms with Crippen LogP contribution in [0.3, 0.4) is 0 Å². The highest BCUT2D eigenvalue weighted by Gasteiger charge is 2.31. The van der Waals surface area contributed by atoms with Crippen molar-refractivity contribution in [3.05, 3.63) is 29.8 Å². The lowest BCUT2D eigenvalue weighted by Crippen LogP contribution is -2.41. The van der Waals surface area contributed by atoms with Crippen molar-refractivity contribution in [3.63, 3.8) is 0 Å². The number of amides is 1. The van der Waals surface area contributed by atoms with Crippen molar-refractivity contribution < 1.29 is 13.2 Å². The van der Waals surface area contributed by atoms with Crippen LogP contribution in [-0.2, 0) is 20.2 Å². The van der Waals surface area contributed by atoms with Crippen LogP contribution < -0.4 is 5.73 Å². The Morgan fingerprint density at radius 1 is 1.14 bits per heavy atom. The first-order valence-electron chi connectivity index (χ1n) is 7.52. The quantitative estimate of drug-likeness (QED) is 0.921. The lowest BCUT2D eigenvalue weighted by molar-refractivity contribution is -0.122. The van der Waals surface area contributed by atoms with Crippen molar-refractivity contribution in [1.82, 2.24) is 4.31 Å². The maximum absolute atomic E-state index is 12.6. The molecule has 1 aromatic rings. The molecule has 0 spiro atoms. The minimum Gasteiger partial charge on any atom is -0.369 e. The Morgan fingerprint density at radius 2 is 1.64 bits per heavy atom. The number of hydrogen-bond donors (Lipinski definition) is 1. The molecule has 1 aliphatic heterocycles. The maximum atomic E-state index is 12.6. The molecule has 1 fully saturated rings. The van der Waals surface area contributed by atoms with Crippen LogP contribution in [0.4, 0.5) is 0 Å². The van der Waals surface area contributed by atoms with E-state index in [0.717, 1.165) is 5.56 Å². The molecule has 122 valence electrons. The molecule has 22 heavy (non-hydrogen) atoms. The van der Waals surface area contributed by atoms with Crippen LogP contribution in [0.1, 0.15) is 39.2 Å². The predicted molar refractivity (Wildman–Crippen MR) is 85.8 cm³/mol. The first-order chi connectivity index (χ1) is 10.1. The van der Waals surface area contributed by atoms with E-state index in [1.54, 1.807) is 12.1 Å². The molecule has 0 aromatic heterocycles. The molecule has 2 N–H and O–H groups in total. The number of nitrogens with zero attached hydrogens (tertiary/aromatic N) is 1. The number of sulfonamides is 1. The Labute approximate surface area is 132 Å². The molecule has 1 amide bonds. The number of rotatable bonds is 3. The lowest BCUT2D eigenvalue weighted by atomic mass is 9.87. The van der Waals surface area contributed by atoms with E-state index in [1.165, 1.54) is 4.31 Å². The van der Waals surface area contributed by atoms with Gasteiger partial charge in [-0.05, 0) is 36.0 Å². The molecule has 6 heteroatoms. The van der Waals surface area contributed by atoms with Crippen LogP contribution >= 0.6 is 0 Å². The summed E-state index contributed by atoms with van der Waals surface area (Å²) in [7, 11) is -3.49. The third-order valence-electron chi connectivity index (χ3n) is 4.21. The van der Waals surface area contributed by atoms with Gasteiger partial charge in [0.2, 0.25) is 15.9 Å². The van der Waals surface area contributed by atoms with Gasteiger partial charge in [0.05, 0.1) is 4.90 Å².